The Morgan fingerprint density at radius 2 is 2.12 bits per heavy atom. The topological polar surface area (TPSA) is 74.8 Å². The molecule has 6 nitrogen and oxygen atoms in total. The molecular formula is C18H19N5OS. The maximum Gasteiger partial charge on any atom is 0.276 e. The molecule has 3 aromatic rings. The molecule has 1 aliphatic rings. The Bertz CT molecular complexity index is 872. The number of hydrogen-bond donors (Lipinski definition) is 1. The summed E-state index contributed by atoms with van der Waals surface area (Å²) in [4.78, 5) is 19.5. The molecule has 1 aliphatic heterocycles. The summed E-state index contributed by atoms with van der Waals surface area (Å²) in [6, 6.07) is 9.67. The molecule has 1 aromatic carbocycles. The molecule has 2 aromatic heterocycles. The highest BCUT2D eigenvalue weighted by Gasteiger charge is 2.30. The Labute approximate surface area is 149 Å². The summed E-state index contributed by atoms with van der Waals surface area (Å²) < 4.78 is 0. The molecule has 3 heterocycles. The van der Waals surface area contributed by atoms with E-state index in [1.807, 2.05) is 42.2 Å². The molecule has 1 N–H and O–H groups in total. The van der Waals surface area contributed by atoms with Crippen LogP contribution in [0.25, 0.3) is 11.3 Å². The van der Waals surface area contributed by atoms with Gasteiger partial charge in [0.05, 0.1) is 5.01 Å². The molecule has 0 saturated carbocycles. The van der Waals surface area contributed by atoms with Crippen LogP contribution in [0, 0.1) is 6.92 Å². The van der Waals surface area contributed by atoms with E-state index in [0.717, 1.165) is 35.7 Å². The third-order valence-electron chi connectivity index (χ3n) is 4.49. The van der Waals surface area contributed by atoms with Crippen LogP contribution in [0.2, 0.25) is 0 Å². The van der Waals surface area contributed by atoms with Gasteiger partial charge in [-0.25, -0.2) is 4.98 Å². The average Bonchev–Trinajstić information content (AvgIpc) is 3.31. The molecule has 0 radical (unpaired) electrons. The van der Waals surface area contributed by atoms with Crippen molar-refractivity contribution in [2.24, 2.45) is 0 Å². The van der Waals surface area contributed by atoms with Gasteiger partial charge in [0, 0.05) is 35.6 Å². The van der Waals surface area contributed by atoms with E-state index in [9.17, 15) is 4.79 Å². The Hall–Kier alpha value is -2.54. The fourth-order valence-electron chi connectivity index (χ4n) is 3.25. The normalized spacial score (nSPS) is 17.6. The molecular weight excluding hydrogens is 334 g/mol. The SMILES string of the molecule is Cc1csc(C2CCCN(C(=O)c3n[nH]nc3-c3ccccc3)C2)n1. The number of likely N-dealkylation sites (tertiary alicyclic amines) is 1. The molecule has 1 unspecified atom stereocenters. The van der Waals surface area contributed by atoms with Crippen LogP contribution < -0.4 is 0 Å². The maximum absolute atomic E-state index is 13.0. The van der Waals surface area contributed by atoms with Crippen LogP contribution in [-0.4, -0.2) is 44.3 Å². The van der Waals surface area contributed by atoms with Crippen molar-refractivity contribution >= 4 is 17.2 Å². The number of amides is 1. The molecule has 1 amide bonds. The zero-order valence-electron chi connectivity index (χ0n) is 14.0. The minimum atomic E-state index is -0.0643. The fourth-order valence-corrected chi connectivity index (χ4v) is 4.18. The van der Waals surface area contributed by atoms with Crippen molar-refractivity contribution < 1.29 is 4.79 Å². The van der Waals surface area contributed by atoms with Gasteiger partial charge in [-0.15, -0.1) is 11.3 Å². The van der Waals surface area contributed by atoms with E-state index in [1.165, 1.54) is 0 Å². The Morgan fingerprint density at radius 3 is 2.88 bits per heavy atom. The summed E-state index contributed by atoms with van der Waals surface area (Å²) in [5, 5.41) is 14.1. The van der Waals surface area contributed by atoms with Gasteiger partial charge in [-0.05, 0) is 19.8 Å². The second-order valence-corrected chi connectivity index (χ2v) is 7.19. The third kappa shape index (κ3) is 3.19. The second-order valence-electron chi connectivity index (χ2n) is 6.30. The fraction of sp³-hybridized carbons (Fsp3) is 0.333. The van der Waals surface area contributed by atoms with Crippen molar-refractivity contribution in [3.8, 4) is 11.3 Å². The number of aromatic amines is 1. The first-order chi connectivity index (χ1) is 12.2. The van der Waals surface area contributed by atoms with Crippen molar-refractivity contribution in [3.05, 3.63) is 52.1 Å². The van der Waals surface area contributed by atoms with Crippen LogP contribution in [0.15, 0.2) is 35.7 Å². The number of hydrogen-bond acceptors (Lipinski definition) is 5. The van der Waals surface area contributed by atoms with Crippen molar-refractivity contribution in [3.63, 3.8) is 0 Å². The molecule has 1 atom stereocenters. The molecule has 0 bridgehead atoms. The van der Waals surface area contributed by atoms with E-state index in [1.54, 1.807) is 11.3 Å². The quantitative estimate of drug-likeness (QED) is 0.784. The number of H-pyrrole nitrogens is 1. The van der Waals surface area contributed by atoms with Gasteiger partial charge in [-0.1, -0.05) is 30.3 Å². The van der Waals surface area contributed by atoms with Crippen LogP contribution in [0.4, 0.5) is 0 Å². The van der Waals surface area contributed by atoms with Gasteiger partial charge < -0.3 is 4.90 Å². The second kappa shape index (κ2) is 6.76. The number of thiazole rings is 1. The molecule has 25 heavy (non-hydrogen) atoms. The van der Waals surface area contributed by atoms with Crippen LogP contribution in [0.5, 0.6) is 0 Å². The predicted octanol–water partition coefficient (Wildman–Crippen LogP) is 3.26. The molecule has 1 fully saturated rings. The smallest absolute Gasteiger partial charge is 0.276 e. The zero-order valence-corrected chi connectivity index (χ0v) is 14.8. The minimum absolute atomic E-state index is 0.0643. The lowest BCUT2D eigenvalue weighted by atomic mass is 9.98. The number of nitrogens with zero attached hydrogens (tertiary/aromatic N) is 4. The van der Waals surface area contributed by atoms with E-state index in [-0.39, 0.29) is 5.91 Å². The van der Waals surface area contributed by atoms with Crippen molar-refractivity contribution in [1.82, 2.24) is 25.3 Å². The van der Waals surface area contributed by atoms with Gasteiger partial charge in [-0.2, -0.15) is 15.4 Å². The number of nitrogens with one attached hydrogen (secondary N) is 1. The van der Waals surface area contributed by atoms with E-state index in [4.69, 9.17) is 0 Å². The zero-order chi connectivity index (χ0) is 17.2. The van der Waals surface area contributed by atoms with Crippen LogP contribution in [0.3, 0.4) is 0 Å². The molecule has 0 aliphatic carbocycles. The summed E-state index contributed by atoms with van der Waals surface area (Å²) >= 11 is 1.68. The lowest BCUT2D eigenvalue weighted by Gasteiger charge is -2.31. The number of rotatable bonds is 3. The molecule has 7 heteroatoms. The van der Waals surface area contributed by atoms with Crippen LogP contribution >= 0.6 is 11.3 Å². The molecule has 0 spiro atoms. The van der Waals surface area contributed by atoms with E-state index >= 15 is 0 Å². The lowest BCUT2D eigenvalue weighted by Crippen LogP contribution is -2.39. The highest BCUT2D eigenvalue weighted by molar-refractivity contribution is 7.09. The Kier molecular flexibility index (Phi) is 4.31. The van der Waals surface area contributed by atoms with Gasteiger partial charge in [0.15, 0.2) is 5.69 Å². The number of aryl methyl sites for hydroxylation is 1. The van der Waals surface area contributed by atoms with E-state index in [2.05, 4.69) is 25.8 Å². The number of aromatic nitrogens is 4. The summed E-state index contributed by atoms with van der Waals surface area (Å²) in [7, 11) is 0. The highest BCUT2D eigenvalue weighted by Crippen LogP contribution is 2.30. The minimum Gasteiger partial charge on any atom is -0.336 e. The van der Waals surface area contributed by atoms with E-state index in [0.29, 0.717) is 23.9 Å². The molecule has 128 valence electrons. The van der Waals surface area contributed by atoms with Crippen molar-refractivity contribution in [2.75, 3.05) is 13.1 Å². The summed E-state index contributed by atoms with van der Waals surface area (Å²) in [6.07, 6.45) is 2.05. The van der Waals surface area contributed by atoms with Crippen LogP contribution in [-0.2, 0) is 0 Å². The lowest BCUT2D eigenvalue weighted by molar-refractivity contribution is 0.0702. The number of benzene rings is 1. The van der Waals surface area contributed by atoms with Gasteiger partial charge in [-0.3, -0.25) is 4.79 Å². The van der Waals surface area contributed by atoms with Gasteiger partial charge in [0.25, 0.3) is 5.91 Å². The van der Waals surface area contributed by atoms with Gasteiger partial charge >= 0.3 is 0 Å². The molecule has 4 rings (SSSR count). The monoisotopic (exact) mass is 353 g/mol. The predicted molar refractivity (Wildman–Crippen MR) is 96.5 cm³/mol. The first-order valence-electron chi connectivity index (χ1n) is 8.40. The number of carbonyl (C=O) groups excluding carboxylic acids is 1. The van der Waals surface area contributed by atoms with Crippen molar-refractivity contribution in [2.45, 2.75) is 25.7 Å². The number of piperidine rings is 1. The maximum atomic E-state index is 13.0. The largest absolute Gasteiger partial charge is 0.336 e. The van der Waals surface area contributed by atoms with Gasteiger partial charge in [0.1, 0.15) is 5.69 Å². The third-order valence-corrected chi connectivity index (χ3v) is 5.62. The van der Waals surface area contributed by atoms with Gasteiger partial charge in [0.2, 0.25) is 0 Å². The summed E-state index contributed by atoms with van der Waals surface area (Å²) in [5.74, 6) is 0.244. The van der Waals surface area contributed by atoms with Crippen molar-refractivity contribution in [1.29, 1.82) is 0 Å². The Balaban J connectivity index is 1.56. The molecule has 1 saturated heterocycles. The summed E-state index contributed by atoms with van der Waals surface area (Å²) in [6.45, 7) is 3.45. The van der Waals surface area contributed by atoms with E-state index < -0.39 is 0 Å². The first-order valence-corrected chi connectivity index (χ1v) is 9.28. The summed E-state index contributed by atoms with van der Waals surface area (Å²) in [5.41, 5.74) is 2.94. The first kappa shape index (κ1) is 16.0. The average molecular weight is 353 g/mol. The van der Waals surface area contributed by atoms with Crippen LogP contribution in [0.1, 0.15) is 39.9 Å². The number of carbonyl (C=O) groups is 1. The Morgan fingerprint density at radius 1 is 1.28 bits per heavy atom. The standard InChI is InChI=1S/C18H19N5OS/c1-12-11-25-17(19-12)14-8-5-9-23(10-14)18(24)16-15(20-22-21-16)13-6-3-2-4-7-13/h2-4,6-7,11,14H,5,8-10H2,1H3,(H,20,21,22). The highest BCUT2D eigenvalue weighted by atomic mass is 32.1.